The summed E-state index contributed by atoms with van der Waals surface area (Å²) in [4.78, 5) is 31.9. The zero-order valence-electron chi connectivity index (χ0n) is 15.3. The largest absolute Gasteiger partial charge is 0.478 e. The van der Waals surface area contributed by atoms with Gasteiger partial charge in [-0.15, -0.1) is 4.91 Å². The fourth-order valence-electron chi connectivity index (χ4n) is 2.80. The van der Waals surface area contributed by atoms with Crippen LogP contribution in [0, 0.1) is 25.7 Å². The number of aryl methyl sites for hydroxylation is 3. The molecule has 1 aliphatic heterocycles. The Hall–Kier alpha value is -2.74. The van der Waals surface area contributed by atoms with Crippen molar-refractivity contribution in [1.29, 1.82) is 0 Å². The fourth-order valence-corrected chi connectivity index (χ4v) is 2.80. The third kappa shape index (κ3) is 7.43. The first-order valence-electron chi connectivity index (χ1n) is 8.24. The Balaban J connectivity index is 0.000000359. The van der Waals surface area contributed by atoms with Crippen molar-refractivity contribution in [3.63, 3.8) is 0 Å². The summed E-state index contributed by atoms with van der Waals surface area (Å²) in [5.74, 6) is -2.51. The maximum atomic E-state index is 10.4. The molecule has 0 bridgehead atoms. The van der Waals surface area contributed by atoms with Crippen molar-refractivity contribution >= 4 is 11.9 Å². The molecular formula is C18H25N3O5. The van der Waals surface area contributed by atoms with E-state index in [-0.39, 0.29) is 0 Å². The number of nitrogens with zero attached hydrogens (tertiary/aromatic N) is 3. The summed E-state index contributed by atoms with van der Waals surface area (Å²) in [7, 11) is 0. The molecule has 0 saturated carbocycles. The van der Waals surface area contributed by atoms with Crippen LogP contribution in [0.1, 0.15) is 22.3 Å². The van der Waals surface area contributed by atoms with Crippen LogP contribution in [-0.2, 0) is 16.1 Å². The van der Waals surface area contributed by atoms with Gasteiger partial charge >= 0.3 is 11.9 Å². The van der Waals surface area contributed by atoms with E-state index in [2.05, 4.69) is 43.1 Å². The van der Waals surface area contributed by atoms with Crippen molar-refractivity contribution in [2.75, 3.05) is 26.2 Å². The quantitative estimate of drug-likeness (QED) is 0.609. The molecule has 0 atom stereocenters. The van der Waals surface area contributed by atoms with Gasteiger partial charge in [0.25, 0.3) is 0 Å². The van der Waals surface area contributed by atoms with E-state index in [0.29, 0.717) is 12.2 Å². The standard InChI is InChI=1S/C14H21N3O.C4H4O4/c1-11-8-12(2)14(13(3)9-11)10-16-4-6-17(15-18)7-5-16;5-3(6)1-2-4(7)8/h8-9H,4-7,10H2,1-3H3;1-2H,(H,5,6)(H,7,8)/b;2-1+. The smallest absolute Gasteiger partial charge is 0.328 e. The lowest BCUT2D eigenvalue weighted by Crippen LogP contribution is -2.43. The van der Waals surface area contributed by atoms with Gasteiger partial charge in [0.05, 0.1) is 18.4 Å². The van der Waals surface area contributed by atoms with E-state index in [1.165, 1.54) is 22.3 Å². The molecule has 0 spiro atoms. The topological polar surface area (TPSA) is 111 Å². The molecule has 0 aromatic heterocycles. The summed E-state index contributed by atoms with van der Waals surface area (Å²) in [6.45, 7) is 10.8. The maximum absolute atomic E-state index is 10.4. The lowest BCUT2D eigenvalue weighted by Gasteiger charge is -2.32. The third-order valence-electron chi connectivity index (χ3n) is 4.05. The average molecular weight is 363 g/mol. The van der Waals surface area contributed by atoms with Crippen LogP contribution < -0.4 is 0 Å². The molecule has 2 N–H and O–H groups in total. The predicted molar refractivity (Wildman–Crippen MR) is 97.7 cm³/mol. The van der Waals surface area contributed by atoms with Crippen molar-refractivity contribution < 1.29 is 19.8 Å². The Morgan fingerprint density at radius 3 is 1.85 bits per heavy atom. The highest BCUT2D eigenvalue weighted by molar-refractivity contribution is 5.89. The summed E-state index contributed by atoms with van der Waals surface area (Å²) < 4.78 is 0. The van der Waals surface area contributed by atoms with Gasteiger partial charge < -0.3 is 10.2 Å². The number of nitroso groups, excluding NO2 is 1. The SMILES string of the molecule is Cc1cc(C)c(CN2CCN(N=O)CC2)c(C)c1.O=C(O)/C=C/C(=O)O. The van der Waals surface area contributed by atoms with Crippen LogP contribution in [-0.4, -0.2) is 58.2 Å². The molecule has 0 radical (unpaired) electrons. The highest BCUT2D eigenvalue weighted by Crippen LogP contribution is 2.19. The summed E-state index contributed by atoms with van der Waals surface area (Å²) in [6.07, 6.45) is 1.12. The minimum atomic E-state index is -1.26. The molecule has 142 valence electrons. The van der Waals surface area contributed by atoms with Crippen molar-refractivity contribution in [2.24, 2.45) is 5.29 Å². The maximum Gasteiger partial charge on any atom is 0.328 e. The van der Waals surface area contributed by atoms with Crippen LogP contribution in [0.3, 0.4) is 0 Å². The number of carbonyl (C=O) groups is 2. The minimum Gasteiger partial charge on any atom is -0.478 e. The van der Waals surface area contributed by atoms with E-state index in [1.54, 1.807) is 5.01 Å². The number of aliphatic carboxylic acids is 2. The van der Waals surface area contributed by atoms with E-state index in [9.17, 15) is 14.5 Å². The first-order valence-corrected chi connectivity index (χ1v) is 8.24. The number of piperazine rings is 1. The number of carboxylic acid groups (broad SMARTS) is 2. The van der Waals surface area contributed by atoms with Gasteiger partial charge in [-0.25, -0.2) is 9.59 Å². The molecule has 0 aliphatic carbocycles. The highest BCUT2D eigenvalue weighted by atomic mass is 16.4. The normalized spacial score (nSPS) is 14.7. The minimum absolute atomic E-state index is 0.558. The third-order valence-corrected chi connectivity index (χ3v) is 4.05. The Kier molecular flexibility index (Phi) is 8.44. The van der Waals surface area contributed by atoms with Crippen molar-refractivity contribution in [2.45, 2.75) is 27.3 Å². The number of carboxylic acids is 2. The molecule has 1 heterocycles. The number of rotatable bonds is 5. The Morgan fingerprint density at radius 2 is 1.46 bits per heavy atom. The van der Waals surface area contributed by atoms with Crippen LogP contribution in [0.4, 0.5) is 0 Å². The van der Waals surface area contributed by atoms with Gasteiger partial charge in [0.1, 0.15) is 0 Å². The van der Waals surface area contributed by atoms with Gasteiger partial charge in [0.15, 0.2) is 0 Å². The van der Waals surface area contributed by atoms with Gasteiger partial charge in [-0.3, -0.25) is 9.91 Å². The molecule has 1 aliphatic rings. The van der Waals surface area contributed by atoms with Gasteiger partial charge in [-0.1, -0.05) is 17.7 Å². The molecule has 1 aromatic carbocycles. The first kappa shape index (κ1) is 21.3. The first-order chi connectivity index (χ1) is 12.2. The van der Waals surface area contributed by atoms with E-state index >= 15 is 0 Å². The van der Waals surface area contributed by atoms with Crippen molar-refractivity contribution in [3.05, 3.63) is 51.4 Å². The average Bonchev–Trinajstić information content (AvgIpc) is 2.57. The second-order valence-corrected chi connectivity index (χ2v) is 6.20. The number of hydrogen-bond donors (Lipinski definition) is 2. The molecule has 1 fully saturated rings. The molecule has 1 saturated heterocycles. The fraction of sp³-hybridized carbons (Fsp3) is 0.444. The zero-order valence-corrected chi connectivity index (χ0v) is 15.3. The van der Waals surface area contributed by atoms with Crippen LogP contribution in [0.15, 0.2) is 29.6 Å². The summed E-state index contributed by atoms with van der Waals surface area (Å²) in [5, 5.41) is 20.2. The number of benzene rings is 1. The molecular weight excluding hydrogens is 338 g/mol. The highest BCUT2D eigenvalue weighted by Gasteiger charge is 2.17. The molecule has 2 rings (SSSR count). The molecule has 8 heteroatoms. The van der Waals surface area contributed by atoms with Gasteiger partial charge in [-0.05, 0) is 37.5 Å². The monoisotopic (exact) mass is 363 g/mol. The second kappa shape index (κ2) is 10.3. The van der Waals surface area contributed by atoms with Crippen LogP contribution in [0.25, 0.3) is 0 Å². The zero-order chi connectivity index (χ0) is 19.7. The van der Waals surface area contributed by atoms with E-state index in [4.69, 9.17) is 10.2 Å². The molecule has 0 amide bonds. The van der Waals surface area contributed by atoms with Crippen LogP contribution in [0.2, 0.25) is 0 Å². The summed E-state index contributed by atoms with van der Waals surface area (Å²) in [6, 6.07) is 4.48. The van der Waals surface area contributed by atoms with Crippen LogP contribution >= 0.6 is 0 Å². The number of hydrogen-bond acceptors (Lipinski definition) is 5. The summed E-state index contributed by atoms with van der Waals surface area (Å²) in [5.41, 5.74) is 5.48. The predicted octanol–water partition coefficient (Wildman–Crippen LogP) is 2.12. The van der Waals surface area contributed by atoms with Gasteiger partial charge in [0.2, 0.25) is 0 Å². The summed E-state index contributed by atoms with van der Waals surface area (Å²) >= 11 is 0. The Bertz CT molecular complexity index is 640. The van der Waals surface area contributed by atoms with Crippen molar-refractivity contribution in [1.82, 2.24) is 9.91 Å². The van der Waals surface area contributed by atoms with Crippen molar-refractivity contribution in [3.8, 4) is 0 Å². The molecule has 26 heavy (non-hydrogen) atoms. The molecule has 1 aromatic rings. The molecule has 0 unspecified atom stereocenters. The lowest BCUT2D eigenvalue weighted by molar-refractivity contribution is -0.134. The van der Waals surface area contributed by atoms with E-state index < -0.39 is 11.9 Å². The van der Waals surface area contributed by atoms with Gasteiger partial charge in [-0.2, -0.15) is 0 Å². The Morgan fingerprint density at radius 1 is 1.00 bits per heavy atom. The van der Waals surface area contributed by atoms with Gasteiger partial charge in [0, 0.05) is 31.8 Å². The molecule has 8 nitrogen and oxygen atoms in total. The van der Waals surface area contributed by atoms with E-state index in [1.807, 2.05) is 0 Å². The second-order valence-electron chi connectivity index (χ2n) is 6.20. The van der Waals surface area contributed by atoms with Crippen LogP contribution in [0.5, 0.6) is 0 Å². The van der Waals surface area contributed by atoms with E-state index in [0.717, 1.165) is 32.7 Å². The Labute approximate surface area is 152 Å². The lowest BCUT2D eigenvalue weighted by atomic mass is 9.99.